The molecular weight excluding hydrogens is 415 g/mol. The van der Waals surface area contributed by atoms with Crippen molar-refractivity contribution in [2.45, 2.75) is 12.8 Å². The number of anilines is 2. The van der Waals surface area contributed by atoms with Gasteiger partial charge in [0.15, 0.2) is 0 Å². The Morgan fingerprint density at radius 2 is 1.48 bits per heavy atom. The Kier molecular flexibility index (Phi) is 9.56. The number of nitrogens with one attached hydrogen (secondary N) is 2. The smallest absolute Gasteiger partial charge is 0.103 e. The van der Waals surface area contributed by atoms with E-state index in [1.54, 1.807) is 0 Å². The summed E-state index contributed by atoms with van der Waals surface area (Å²) < 4.78 is 0. The Balaban J connectivity index is 0.00000264. The number of allylic oxidation sites excluding steroid dienone is 1. The first-order chi connectivity index (χ1) is 10.7. The van der Waals surface area contributed by atoms with Gasteiger partial charge >= 0.3 is 0 Å². The molecular formula is C17H19BrCl2N2S. The first kappa shape index (κ1) is 20.2. The van der Waals surface area contributed by atoms with Gasteiger partial charge in [-0.1, -0.05) is 35.3 Å². The van der Waals surface area contributed by atoms with E-state index in [9.17, 15) is 0 Å². The Bertz CT molecular complexity index is 600. The summed E-state index contributed by atoms with van der Waals surface area (Å²) in [7, 11) is 0. The molecule has 0 saturated heterocycles. The van der Waals surface area contributed by atoms with Gasteiger partial charge in [-0.15, -0.1) is 0 Å². The van der Waals surface area contributed by atoms with Crippen LogP contribution in [0.25, 0.3) is 0 Å². The molecule has 2 N–H and O–H groups in total. The van der Waals surface area contributed by atoms with Gasteiger partial charge in [0, 0.05) is 21.4 Å². The molecule has 0 radical (unpaired) electrons. The summed E-state index contributed by atoms with van der Waals surface area (Å²) in [6, 6.07) is 15.3. The van der Waals surface area contributed by atoms with Gasteiger partial charge in [-0.05, 0) is 67.9 Å². The zero-order chi connectivity index (χ0) is 15.8. The lowest BCUT2D eigenvalue weighted by atomic mass is 10.2. The summed E-state index contributed by atoms with van der Waals surface area (Å²) in [4.78, 5) is 0. The lowest BCUT2D eigenvalue weighted by Crippen LogP contribution is -3.00. The highest BCUT2D eigenvalue weighted by Gasteiger charge is 2.01. The lowest BCUT2D eigenvalue weighted by Gasteiger charge is -2.14. The van der Waals surface area contributed by atoms with Gasteiger partial charge in [0.2, 0.25) is 0 Å². The van der Waals surface area contributed by atoms with Crippen molar-refractivity contribution >= 4 is 47.2 Å². The topological polar surface area (TPSA) is 24.1 Å². The number of hydrogen-bond acceptors (Lipinski definition) is 2. The third-order valence-electron chi connectivity index (χ3n) is 2.94. The van der Waals surface area contributed by atoms with Crippen LogP contribution in [0.3, 0.4) is 0 Å². The van der Waals surface area contributed by atoms with Crippen LogP contribution in [-0.4, -0.2) is 5.75 Å². The summed E-state index contributed by atoms with van der Waals surface area (Å²) >= 11 is 15.6. The molecule has 124 valence electrons. The van der Waals surface area contributed by atoms with Gasteiger partial charge in [0.1, 0.15) is 11.6 Å². The summed E-state index contributed by atoms with van der Waals surface area (Å²) in [5, 5.41) is 8.11. The predicted molar refractivity (Wildman–Crippen MR) is 102 cm³/mol. The van der Waals surface area contributed by atoms with Crippen LogP contribution in [0.1, 0.15) is 12.8 Å². The van der Waals surface area contributed by atoms with Gasteiger partial charge in [-0.3, -0.25) is 0 Å². The number of hydrogen-bond donors (Lipinski definition) is 2. The maximum atomic E-state index is 6.03. The molecule has 0 aromatic heterocycles. The van der Waals surface area contributed by atoms with Crippen LogP contribution < -0.4 is 27.6 Å². The van der Waals surface area contributed by atoms with E-state index in [1.807, 2.05) is 48.5 Å². The zero-order valence-corrected chi connectivity index (χ0v) is 16.5. The van der Waals surface area contributed by atoms with Crippen molar-refractivity contribution in [2.24, 2.45) is 0 Å². The van der Waals surface area contributed by atoms with E-state index >= 15 is 0 Å². The van der Waals surface area contributed by atoms with Crippen molar-refractivity contribution in [1.29, 1.82) is 0 Å². The molecule has 0 aliphatic heterocycles. The molecule has 23 heavy (non-hydrogen) atoms. The van der Waals surface area contributed by atoms with E-state index in [-0.39, 0.29) is 17.0 Å². The highest BCUT2D eigenvalue weighted by atomic mass is 79.9. The number of rotatable bonds is 7. The molecule has 0 saturated carbocycles. The van der Waals surface area contributed by atoms with Gasteiger partial charge < -0.3 is 27.6 Å². The van der Waals surface area contributed by atoms with Crippen molar-refractivity contribution in [3.63, 3.8) is 0 Å². The van der Waals surface area contributed by atoms with E-state index in [1.165, 1.54) is 0 Å². The summed E-state index contributed by atoms with van der Waals surface area (Å²) in [5.74, 6) is 1.88. The van der Waals surface area contributed by atoms with Crippen molar-refractivity contribution in [3.05, 3.63) is 70.5 Å². The quantitative estimate of drug-likeness (QED) is 0.516. The second kappa shape index (κ2) is 10.9. The fraction of sp³-hybridized carbons (Fsp3) is 0.176. The first-order valence-corrected chi connectivity index (χ1v) is 8.53. The average molecular weight is 434 g/mol. The molecule has 0 aliphatic carbocycles. The molecule has 0 bridgehead atoms. The standard InChI is InChI=1S/C17H18Cl2N2S.BrH/c18-13-5-3-7-15(11-13)20-17(9-1-2-10-22)21-16-8-4-6-14(19)12-16;/h3-9,11-12,20-22H,1-2,10H2;1H. The van der Waals surface area contributed by atoms with Crippen molar-refractivity contribution in [2.75, 3.05) is 16.4 Å². The highest BCUT2D eigenvalue weighted by molar-refractivity contribution is 7.58. The maximum Gasteiger partial charge on any atom is 0.103 e. The Morgan fingerprint density at radius 1 is 0.957 bits per heavy atom. The van der Waals surface area contributed by atoms with Crippen LogP contribution in [-0.2, 0) is 12.6 Å². The molecule has 2 aromatic rings. The monoisotopic (exact) mass is 432 g/mol. The lowest BCUT2D eigenvalue weighted by molar-refractivity contribution is -0.00000412. The molecule has 0 fully saturated rings. The SMILES string of the molecule is [Br-].[SH2+]CCCC=C(Nc1cccc(Cl)c1)Nc1cccc(Cl)c1. The van der Waals surface area contributed by atoms with Gasteiger partial charge in [0.05, 0.1) is 0 Å². The minimum absolute atomic E-state index is 0. The minimum Gasteiger partial charge on any atom is -1.00 e. The second-order valence-corrected chi connectivity index (χ2v) is 6.15. The number of benzene rings is 2. The Hall–Kier alpha value is -0.810. The number of halogens is 3. The van der Waals surface area contributed by atoms with E-state index in [0.29, 0.717) is 10.0 Å². The minimum atomic E-state index is 0. The average Bonchev–Trinajstić information content (AvgIpc) is 2.47. The van der Waals surface area contributed by atoms with Crippen molar-refractivity contribution in [1.82, 2.24) is 0 Å². The van der Waals surface area contributed by atoms with Crippen LogP contribution in [0.15, 0.2) is 60.4 Å². The second-order valence-electron chi connectivity index (χ2n) is 4.78. The maximum absolute atomic E-state index is 6.03. The highest BCUT2D eigenvalue weighted by Crippen LogP contribution is 2.20. The predicted octanol–water partition coefficient (Wildman–Crippen LogP) is 2.15. The third-order valence-corrected chi connectivity index (χ3v) is 3.76. The van der Waals surface area contributed by atoms with E-state index in [2.05, 4.69) is 29.3 Å². The van der Waals surface area contributed by atoms with Gasteiger partial charge in [-0.25, -0.2) is 0 Å². The zero-order valence-electron chi connectivity index (χ0n) is 12.5. The normalized spacial score (nSPS) is 9.70. The Labute approximate surface area is 163 Å². The van der Waals surface area contributed by atoms with Crippen LogP contribution in [0.4, 0.5) is 11.4 Å². The molecule has 2 nitrogen and oxygen atoms in total. The molecule has 0 aliphatic rings. The van der Waals surface area contributed by atoms with Crippen LogP contribution in [0.2, 0.25) is 10.0 Å². The molecule has 0 atom stereocenters. The van der Waals surface area contributed by atoms with Crippen molar-refractivity contribution in [3.8, 4) is 0 Å². The van der Waals surface area contributed by atoms with E-state index < -0.39 is 0 Å². The molecule has 0 spiro atoms. The first-order valence-electron chi connectivity index (χ1n) is 7.07. The molecule has 0 heterocycles. The summed E-state index contributed by atoms with van der Waals surface area (Å²) in [6.07, 6.45) is 4.15. The van der Waals surface area contributed by atoms with Crippen LogP contribution in [0, 0.1) is 0 Å². The van der Waals surface area contributed by atoms with Gasteiger partial charge in [0.25, 0.3) is 0 Å². The third kappa shape index (κ3) is 7.53. The number of unbranched alkanes of at least 4 members (excludes halogenated alkanes) is 1. The van der Waals surface area contributed by atoms with Crippen molar-refractivity contribution < 1.29 is 17.0 Å². The van der Waals surface area contributed by atoms with E-state index in [0.717, 1.165) is 35.8 Å². The van der Waals surface area contributed by atoms with Crippen LogP contribution >= 0.6 is 23.2 Å². The molecule has 2 rings (SSSR count). The summed E-state index contributed by atoms with van der Waals surface area (Å²) in [5.41, 5.74) is 1.87. The van der Waals surface area contributed by atoms with Gasteiger partial charge in [-0.2, -0.15) is 0 Å². The largest absolute Gasteiger partial charge is 1.00 e. The molecule has 0 amide bonds. The summed E-state index contributed by atoms with van der Waals surface area (Å²) in [6.45, 7) is 0. The molecule has 0 unspecified atom stereocenters. The fourth-order valence-electron chi connectivity index (χ4n) is 1.93. The molecule has 6 heteroatoms. The fourth-order valence-corrected chi connectivity index (χ4v) is 2.51. The van der Waals surface area contributed by atoms with Crippen LogP contribution in [0.5, 0.6) is 0 Å². The molecule has 2 aromatic carbocycles. The Morgan fingerprint density at radius 3 is 1.91 bits per heavy atom. The van der Waals surface area contributed by atoms with E-state index in [4.69, 9.17) is 23.2 Å².